The van der Waals surface area contributed by atoms with Crippen LogP contribution in [0.25, 0.3) is 5.69 Å². The van der Waals surface area contributed by atoms with E-state index in [2.05, 4.69) is 29.5 Å². The summed E-state index contributed by atoms with van der Waals surface area (Å²) in [7, 11) is 0. The summed E-state index contributed by atoms with van der Waals surface area (Å²) in [5.41, 5.74) is 4.35. The van der Waals surface area contributed by atoms with Crippen LogP contribution in [0.1, 0.15) is 18.1 Å². The molecule has 1 aromatic heterocycles. The number of nitrogens with zero attached hydrogens (tertiary/aromatic N) is 2. The van der Waals surface area contributed by atoms with Crippen LogP contribution < -0.4 is 5.32 Å². The Bertz CT molecular complexity index is 796. The molecule has 128 valence electrons. The predicted molar refractivity (Wildman–Crippen MR) is 104 cm³/mol. The number of hydrogen-bond donors (Lipinski definition) is 1. The quantitative estimate of drug-likeness (QED) is 0.690. The van der Waals surface area contributed by atoms with E-state index in [1.165, 1.54) is 11.1 Å². The molecule has 0 aliphatic heterocycles. The Morgan fingerprint density at radius 3 is 2.44 bits per heavy atom. The number of amides is 1. The Morgan fingerprint density at radius 1 is 1.08 bits per heavy atom. The fourth-order valence-corrected chi connectivity index (χ4v) is 3.24. The third-order valence-electron chi connectivity index (χ3n) is 3.85. The number of aryl methyl sites for hydroxylation is 1. The molecule has 0 aliphatic carbocycles. The van der Waals surface area contributed by atoms with Crippen LogP contribution in [0.4, 0.5) is 5.69 Å². The van der Waals surface area contributed by atoms with E-state index < -0.39 is 0 Å². The summed E-state index contributed by atoms with van der Waals surface area (Å²) >= 11 is 1.61. The lowest BCUT2D eigenvalue weighted by molar-refractivity contribution is -0.113. The van der Waals surface area contributed by atoms with Gasteiger partial charge in [-0.15, -0.1) is 11.8 Å². The first-order valence-corrected chi connectivity index (χ1v) is 9.45. The van der Waals surface area contributed by atoms with Crippen molar-refractivity contribution in [3.63, 3.8) is 0 Å². The van der Waals surface area contributed by atoms with E-state index in [1.54, 1.807) is 18.0 Å². The van der Waals surface area contributed by atoms with Crippen molar-refractivity contribution < 1.29 is 4.79 Å². The van der Waals surface area contributed by atoms with Gasteiger partial charge in [-0.25, -0.2) is 4.68 Å². The Labute approximate surface area is 152 Å². The maximum absolute atomic E-state index is 12.0. The molecule has 0 unspecified atom stereocenters. The van der Waals surface area contributed by atoms with E-state index in [4.69, 9.17) is 0 Å². The number of rotatable bonds is 7. The van der Waals surface area contributed by atoms with Gasteiger partial charge in [0.15, 0.2) is 0 Å². The van der Waals surface area contributed by atoms with Gasteiger partial charge in [-0.05, 0) is 47.9 Å². The summed E-state index contributed by atoms with van der Waals surface area (Å²) in [6.45, 7) is 2.12. The van der Waals surface area contributed by atoms with Crippen molar-refractivity contribution in [3.8, 4) is 5.69 Å². The summed E-state index contributed by atoms with van der Waals surface area (Å²) in [5.74, 6) is 1.28. The number of nitrogens with one attached hydrogen (secondary N) is 1. The molecule has 1 N–H and O–H groups in total. The number of aromatic nitrogens is 2. The number of carbonyl (C=O) groups is 1. The van der Waals surface area contributed by atoms with Gasteiger partial charge in [0.25, 0.3) is 0 Å². The molecular weight excluding hydrogens is 330 g/mol. The first-order chi connectivity index (χ1) is 12.2. The second kappa shape index (κ2) is 8.53. The molecule has 3 aromatic rings. The minimum absolute atomic E-state index is 0.0300. The van der Waals surface area contributed by atoms with Crippen molar-refractivity contribution in [3.05, 3.63) is 78.1 Å². The Hall–Kier alpha value is -2.53. The SMILES string of the molecule is CCc1ccc(NC(=O)CSCc2ccc(-n3cccn3)cc2)cc1. The molecule has 1 amide bonds. The van der Waals surface area contributed by atoms with Crippen LogP contribution >= 0.6 is 11.8 Å². The number of benzene rings is 2. The third kappa shape index (κ3) is 4.97. The zero-order valence-corrected chi connectivity index (χ0v) is 15.0. The highest BCUT2D eigenvalue weighted by atomic mass is 32.2. The van der Waals surface area contributed by atoms with Crippen molar-refractivity contribution in [1.29, 1.82) is 0 Å². The molecule has 0 atom stereocenters. The van der Waals surface area contributed by atoms with Crippen molar-refractivity contribution in [1.82, 2.24) is 9.78 Å². The zero-order valence-electron chi connectivity index (χ0n) is 14.2. The normalized spacial score (nSPS) is 10.6. The van der Waals surface area contributed by atoms with E-state index in [0.29, 0.717) is 5.75 Å². The van der Waals surface area contributed by atoms with Crippen LogP contribution in [0, 0.1) is 0 Å². The van der Waals surface area contributed by atoms with E-state index in [9.17, 15) is 4.79 Å². The largest absolute Gasteiger partial charge is 0.325 e. The van der Waals surface area contributed by atoms with Crippen molar-refractivity contribution in [2.75, 3.05) is 11.1 Å². The third-order valence-corrected chi connectivity index (χ3v) is 4.86. The molecule has 0 saturated heterocycles. The smallest absolute Gasteiger partial charge is 0.234 e. The number of carbonyl (C=O) groups excluding carboxylic acids is 1. The molecule has 0 radical (unpaired) electrons. The summed E-state index contributed by atoms with van der Waals surface area (Å²) in [6, 6.07) is 18.1. The molecular formula is C20H21N3OS. The standard InChI is InChI=1S/C20H21N3OS/c1-2-16-4-8-18(9-5-16)22-20(24)15-25-14-17-6-10-19(11-7-17)23-13-3-12-21-23/h3-13H,2,14-15H2,1H3,(H,22,24). The lowest BCUT2D eigenvalue weighted by atomic mass is 10.1. The fourth-order valence-electron chi connectivity index (χ4n) is 2.45. The fraction of sp³-hybridized carbons (Fsp3) is 0.200. The maximum Gasteiger partial charge on any atom is 0.234 e. The van der Waals surface area contributed by atoms with Crippen LogP contribution in [-0.2, 0) is 17.0 Å². The van der Waals surface area contributed by atoms with Crippen LogP contribution in [0.5, 0.6) is 0 Å². The molecule has 1 heterocycles. The van der Waals surface area contributed by atoms with Crippen LogP contribution in [0.2, 0.25) is 0 Å². The predicted octanol–water partition coefficient (Wildman–Crippen LogP) is 4.31. The second-order valence-corrected chi connectivity index (χ2v) is 6.69. The molecule has 0 bridgehead atoms. The summed E-state index contributed by atoms with van der Waals surface area (Å²) in [4.78, 5) is 12.0. The second-order valence-electron chi connectivity index (χ2n) is 5.71. The minimum atomic E-state index is 0.0300. The molecule has 4 nitrogen and oxygen atoms in total. The van der Waals surface area contributed by atoms with Crippen LogP contribution in [-0.4, -0.2) is 21.4 Å². The lowest BCUT2D eigenvalue weighted by Gasteiger charge is -2.07. The van der Waals surface area contributed by atoms with Crippen molar-refractivity contribution >= 4 is 23.4 Å². The highest BCUT2D eigenvalue weighted by molar-refractivity contribution is 7.99. The Kier molecular flexibility index (Phi) is 5.90. The molecule has 0 aliphatic rings. The highest BCUT2D eigenvalue weighted by Crippen LogP contribution is 2.16. The topological polar surface area (TPSA) is 46.9 Å². The van der Waals surface area contributed by atoms with Gasteiger partial charge in [0, 0.05) is 23.8 Å². The zero-order chi connectivity index (χ0) is 17.5. The number of anilines is 1. The lowest BCUT2D eigenvalue weighted by Crippen LogP contribution is -2.14. The van der Waals surface area contributed by atoms with Crippen molar-refractivity contribution in [2.24, 2.45) is 0 Å². The van der Waals surface area contributed by atoms with E-state index in [0.717, 1.165) is 23.5 Å². The maximum atomic E-state index is 12.0. The number of hydrogen-bond acceptors (Lipinski definition) is 3. The Morgan fingerprint density at radius 2 is 1.80 bits per heavy atom. The molecule has 3 rings (SSSR count). The van der Waals surface area contributed by atoms with E-state index >= 15 is 0 Å². The van der Waals surface area contributed by atoms with Gasteiger partial charge in [0.05, 0.1) is 11.4 Å². The van der Waals surface area contributed by atoms with Crippen LogP contribution in [0.3, 0.4) is 0 Å². The monoisotopic (exact) mass is 351 g/mol. The minimum Gasteiger partial charge on any atom is -0.325 e. The van der Waals surface area contributed by atoms with Gasteiger partial charge in [-0.1, -0.05) is 31.2 Å². The highest BCUT2D eigenvalue weighted by Gasteiger charge is 2.04. The average molecular weight is 351 g/mol. The number of thioether (sulfide) groups is 1. The molecule has 0 saturated carbocycles. The molecule has 0 fully saturated rings. The molecule has 25 heavy (non-hydrogen) atoms. The molecule has 5 heteroatoms. The van der Waals surface area contributed by atoms with Crippen molar-refractivity contribution in [2.45, 2.75) is 19.1 Å². The van der Waals surface area contributed by atoms with Gasteiger partial charge in [-0.2, -0.15) is 5.10 Å². The molecule has 0 spiro atoms. The molecule has 2 aromatic carbocycles. The first kappa shape index (κ1) is 17.3. The summed E-state index contributed by atoms with van der Waals surface area (Å²) < 4.78 is 1.83. The van der Waals surface area contributed by atoms with E-state index in [-0.39, 0.29) is 5.91 Å². The van der Waals surface area contributed by atoms with E-state index in [1.807, 2.05) is 53.3 Å². The van der Waals surface area contributed by atoms with Gasteiger partial charge < -0.3 is 5.32 Å². The van der Waals surface area contributed by atoms with Gasteiger partial charge in [0.2, 0.25) is 5.91 Å². The van der Waals surface area contributed by atoms with Gasteiger partial charge >= 0.3 is 0 Å². The Balaban J connectivity index is 1.44. The van der Waals surface area contributed by atoms with Gasteiger partial charge in [0.1, 0.15) is 0 Å². The summed E-state index contributed by atoms with van der Waals surface area (Å²) in [5, 5.41) is 7.15. The van der Waals surface area contributed by atoms with Crippen LogP contribution in [0.15, 0.2) is 67.0 Å². The average Bonchev–Trinajstić information content (AvgIpc) is 3.18. The summed E-state index contributed by atoms with van der Waals surface area (Å²) in [6.07, 6.45) is 4.68. The first-order valence-electron chi connectivity index (χ1n) is 8.30. The van der Waals surface area contributed by atoms with Gasteiger partial charge in [-0.3, -0.25) is 4.79 Å².